The lowest BCUT2D eigenvalue weighted by Crippen LogP contribution is -2.10. The van der Waals surface area contributed by atoms with Crippen LogP contribution in [0.5, 0.6) is 0 Å². The Balaban J connectivity index is 2.96. The summed E-state index contributed by atoms with van der Waals surface area (Å²) in [4.78, 5) is 7.84. The zero-order chi connectivity index (χ0) is 7.56. The van der Waals surface area contributed by atoms with Gasteiger partial charge < -0.3 is 11.5 Å². The van der Waals surface area contributed by atoms with Gasteiger partial charge in [-0.25, -0.2) is 9.97 Å². The number of aromatic nitrogens is 2. The highest BCUT2D eigenvalue weighted by Gasteiger charge is 2.00. The van der Waals surface area contributed by atoms with Gasteiger partial charge in [0.1, 0.15) is 11.6 Å². The Kier molecular flexibility index (Phi) is 1.82. The summed E-state index contributed by atoms with van der Waals surface area (Å²) in [6, 6.07) is 1.48. The number of hydrogen-bond donors (Lipinski definition) is 2. The minimum absolute atomic E-state index is 0.150. The van der Waals surface area contributed by atoms with Crippen molar-refractivity contribution in [1.82, 2.24) is 9.97 Å². The number of nitrogens with zero attached hydrogens (tertiary/aromatic N) is 2. The molecular weight excluding hydrogens is 128 g/mol. The van der Waals surface area contributed by atoms with Crippen LogP contribution in [0, 0.1) is 0 Å². The van der Waals surface area contributed by atoms with Gasteiger partial charge in [0.2, 0.25) is 0 Å². The molecule has 0 amide bonds. The molecule has 1 atom stereocenters. The highest BCUT2D eigenvalue weighted by molar-refractivity contribution is 5.25. The first kappa shape index (κ1) is 6.95. The summed E-state index contributed by atoms with van der Waals surface area (Å²) < 4.78 is 0. The molecule has 0 fully saturated rings. The fourth-order valence-electron chi connectivity index (χ4n) is 0.608. The fraction of sp³-hybridized carbons (Fsp3) is 0.333. The maximum atomic E-state index is 5.50. The molecule has 0 spiro atoms. The second-order valence-electron chi connectivity index (χ2n) is 2.13. The van der Waals surface area contributed by atoms with Crippen LogP contribution in [0.2, 0.25) is 0 Å². The van der Waals surface area contributed by atoms with E-state index in [0.717, 1.165) is 0 Å². The van der Waals surface area contributed by atoms with Gasteiger partial charge in [-0.15, -0.1) is 0 Å². The molecule has 0 aliphatic heterocycles. The van der Waals surface area contributed by atoms with Gasteiger partial charge in [0.15, 0.2) is 0 Å². The van der Waals surface area contributed by atoms with Gasteiger partial charge in [-0.1, -0.05) is 0 Å². The largest absolute Gasteiger partial charge is 0.384 e. The standard InChI is InChI=1S/C6H10N4/c1-4(7)6-9-3-2-5(8)10-6/h2-4H,7H2,1H3,(H2,8,9,10). The van der Waals surface area contributed by atoms with E-state index in [1.54, 1.807) is 12.3 Å². The Morgan fingerprint density at radius 1 is 1.60 bits per heavy atom. The van der Waals surface area contributed by atoms with Gasteiger partial charge in [0.05, 0.1) is 6.04 Å². The van der Waals surface area contributed by atoms with E-state index < -0.39 is 0 Å². The molecule has 10 heavy (non-hydrogen) atoms. The maximum absolute atomic E-state index is 5.50. The average Bonchev–Trinajstić information content (AvgIpc) is 1.88. The normalized spacial score (nSPS) is 13.0. The molecule has 0 saturated carbocycles. The Labute approximate surface area is 59.3 Å². The number of rotatable bonds is 1. The maximum Gasteiger partial charge on any atom is 0.147 e. The molecule has 1 rings (SSSR count). The summed E-state index contributed by atoms with van der Waals surface area (Å²) in [5, 5.41) is 0. The van der Waals surface area contributed by atoms with Gasteiger partial charge in [-0.2, -0.15) is 0 Å². The first-order valence-electron chi connectivity index (χ1n) is 3.04. The lowest BCUT2D eigenvalue weighted by molar-refractivity contribution is 0.741. The molecule has 4 heteroatoms. The van der Waals surface area contributed by atoms with Crippen molar-refractivity contribution >= 4 is 5.82 Å². The van der Waals surface area contributed by atoms with Crippen molar-refractivity contribution in [1.29, 1.82) is 0 Å². The summed E-state index contributed by atoms with van der Waals surface area (Å²) in [7, 11) is 0. The van der Waals surface area contributed by atoms with E-state index in [4.69, 9.17) is 11.5 Å². The molecule has 54 valence electrons. The molecule has 0 aliphatic rings. The van der Waals surface area contributed by atoms with Gasteiger partial charge >= 0.3 is 0 Å². The van der Waals surface area contributed by atoms with Crippen molar-refractivity contribution in [2.75, 3.05) is 5.73 Å². The van der Waals surface area contributed by atoms with Crippen LogP contribution < -0.4 is 11.5 Å². The molecule has 1 aromatic heterocycles. The average molecular weight is 138 g/mol. The third kappa shape index (κ3) is 1.41. The van der Waals surface area contributed by atoms with E-state index in [0.29, 0.717) is 11.6 Å². The molecule has 0 radical (unpaired) electrons. The molecule has 0 aromatic carbocycles. The quantitative estimate of drug-likeness (QED) is 0.576. The Morgan fingerprint density at radius 3 is 2.70 bits per heavy atom. The van der Waals surface area contributed by atoms with E-state index in [2.05, 4.69) is 9.97 Å². The Bertz CT molecular complexity index is 221. The van der Waals surface area contributed by atoms with Crippen LogP contribution in [0.4, 0.5) is 5.82 Å². The fourth-order valence-corrected chi connectivity index (χ4v) is 0.608. The zero-order valence-corrected chi connectivity index (χ0v) is 5.78. The van der Waals surface area contributed by atoms with Crippen LogP contribution in [0.1, 0.15) is 18.8 Å². The predicted molar refractivity (Wildman–Crippen MR) is 39.0 cm³/mol. The van der Waals surface area contributed by atoms with Crippen molar-refractivity contribution in [2.45, 2.75) is 13.0 Å². The lowest BCUT2D eigenvalue weighted by Gasteiger charge is -2.01. The highest BCUT2D eigenvalue weighted by Crippen LogP contribution is 2.02. The minimum Gasteiger partial charge on any atom is -0.384 e. The second-order valence-corrected chi connectivity index (χ2v) is 2.13. The van der Waals surface area contributed by atoms with Crippen LogP contribution in [-0.2, 0) is 0 Å². The molecule has 1 unspecified atom stereocenters. The van der Waals surface area contributed by atoms with Crippen LogP contribution in [0.3, 0.4) is 0 Å². The number of anilines is 1. The van der Waals surface area contributed by atoms with E-state index in [9.17, 15) is 0 Å². The van der Waals surface area contributed by atoms with Gasteiger partial charge in [-0.3, -0.25) is 0 Å². The summed E-state index contributed by atoms with van der Waals surface area (Å²) >= 11 is 0. The van der Waals surface area contributed by atoms with Crippen molar-refractivity contribution < 1.29 is 0 Å². The summed E-state index contributed by atoms with van der Waals surface area (Å²) in [6.45, 7) is 1.81. The lowest BCUT2D eigenvalue weighted by atomic mass is 10.3. The van der Waals surface area contributed by atoms with Crippen LogP contribution in [-0.4, -0.2) is 9.97 Å². The Morgan fingerprint density at radius 2 is 2.30 bits per heavy atom. The van der Waals surface area contributed by atoms with Crippen LogP contribution in [0.15, 0.2) is 12.3 Å². The SMILES string of the molecule is CC(N)c1nccc(N)n1. The third-order valence-corrected chi connectivity index (χ3v) is 1.10. The van der Waals surface area contributed by atoms with Gasteiger partial charge in [0.25, 0.3) is 0 Å². The number of nitrogen functional groups attached to an aromatic ring is 1. The van der Waals surface area contributed by atoms with E-state index in [1.165, 1.54) is 0 Å². The van der Waals surface area contributed by atoms with Crippen molar-refractivity contribution in [3.63, 3.8) is 0 Å². The molecule has 0 bridgehead atoms. The van der Waals surface area contributed by atoms with Crippen LogP contribution in [0.25, 0.3) is 0 Å². The molecule has 1 heterocycles. The second kappa shape index (κ2) is 2.62. The molecule has 4 nitrogen and oxygen atoms in total. The summed E-state index contributed by atoms with van der Waals surface area (Å²) in [5.41, 5.74) is 10.9. The van der Waals surface area contributed by atoms with Gasteiger partial charge in [-0.05, 0) is 13.0 Å². The molecular formula is C6H10N4. The van der Waals surface area contributed by atoms with Gasteiger partial charge in [0, 0.05) is 6.20 Å². The van der Waals surface area contributed by atoms with Crippen molar-refractivity contribution in [3.05, 3.63) is 18.1 Å². The topological polar surface area (TPSA) is 77.8 Å². The van der Waals surface area contributed by atoms with Crippen molar-refractivity contribution in [2.24, 2.45) is 5.73 Å². The monoisotopic (exact) mass is 138 g/mol. The zero-order valence-electron chi connectivity index (χ0n) is 5.78. The molecule has 1 aromatic rings. The minimum atomic E-state index is -0.150. The van der Waals surface area contributed by atoms with Crippen LogP contribution >= 0.6 is 0 Å². The smallest absolute Gasteiger partial charge is 0.147 e. The number of nitrogens with two attached hydrogens (primary N) is 2. The van der Waals surface area contributed by atoms with E-state index in [-0.39, 0.29) is 6.04 Å². The molecule has 0 saturated heterocycles. The first-order chi connectivity index (χ1) is 4.70. The van der Waals surface area contributed by atoms with E-state index >= 15 is 0 Å². The Hall–Kier alpha value is -1.16. The molecule has 0 aliphatic carbocycles. The number of hydrogen-bond acceptors (Lipinski definition) is 4. The van der Waals surface area contributed by atoms with E-state index in [1.807, 2.05) is 6.92 Å². The highest BCUT2D eigenvalue weighted by atomic mass is 15.0. The summed E-state index contributed by atoms with van der Waals surface area (Å²) in [6.07, 6.45) is 1.60. The molecule has 4 N–H and O–H groups in total. The first-order valence-corrected chi connectivity index (χ1v) is 3.04. The third-order valence-electron chi connectivity index (χ3n) is 1.10. The summed E-state index contributed by atoms with van der Waals surface area (Å²) in [5.74, 6) is 1.04. The van der Waals surface area contributed by atoms with Crippen molar-refractivity contribution in [3.8, 4) is 0 Å². The predicted octanol–water partition coefficient (Wildman–Crippen LogP) is 0.0785.